The van der Waals surface area contributed by atoms with Crippen LogP contribution in [0.15, 0.2) is 132 Å². The number of carbonyl (C=O) groups is 2. The number of ether oxygens (including phenoxy) is 2. The summed E-state index contributed by atoms with van der Waals surface area (Å²) in [6.45, 7) is 0.176. The van der Waals surface area contributed by atoms with Crippen LogP contribution >= 0.6 is 0 Å². The van der Waals surface area contributed by atoms with Crippen molar-refractivity contribution in [2.45, 2.75) is 24.3 Å². The summed E-state index contributed by atoms with van der Waals surface area (Å²) in [4.78, 5) is 25.7. The number of para-hydroxylation sites is 1. The number of alkyl halides is 3. The summed E-state index contributed by atoms with van der Waals surface area (Å²) in [5.74, 6) is -1.87. The van der Waals surface area contributed by atoms with E-state index in [0.29, 0.717) is 17.4 Å². The molecule has 0 unspecified atom stereocenters. The fraction of sp³-hybridized carbons (Fsp3) is 0.0857. The van der Waals surface area contributed by atoms with E-state index in [2.05, 4.69) is 5.32 Å². The quantitative estimate of drug-likeness (QED) is 0.155. The molecule has 0 aliphatic carbocycles. The molecule has 5 aromatic carbocycles. The highest BCUT2D eigenvalue weighted by molar-refractivity contribution is 7.90. The van der Waals surface area contributed by atoms with Gasteiger partial charge in [0.2, 0.25) is 0 Å². The van der Waals surface area contributed by atoms with Crippen molar-refractivity contribution in [3.05, 3.63) is 155 Å². The van der Waals surface area contributed by atoms with E-state index in [9.17, 15) is 31.2 Å². The van der Waals surface area contributed by atoms with E-state index < -0.39 is 44.0 Å². The zero-order valence-electron chi connectivity index (χ0n) is 24.5. The van der Waals surface area contributed by atoms with Crippen LogP contribution in [-0.2, 0) is 29.4 Å². The standard InChI is InChI=1S/C35H27F3N2O6S/c36-35(37,38)28-18-27(20-30(21-28)46-23-25-12-5-2-6-13-25)34(42)40-47(43,44)32-17-8-7-16-31(32)39-33(41)26-14-9-15-29(19-26)45-22-24-10-3-1-4-11-24/h1-21H,22-23H2,(H,39,41)(H,40,42). The normalized spacial score (nSPS) is 11.4. The molecule has 0 atom stereocenters. The van der Waals surface area contributed by atoms with E-state index in [4.69, 9.17) is 9.47 Å². The van der Waals surface area contributed by atoms with Crippen molar-refractivity contribution in [3.63, 3.8) is 0 Å². The number of hydrogen-bond donors (Lipinski definition) is 2. The molecular formula is C35H27F3N2O6S. The second kappa shape index (κ2) is 14.2. The highest BCUT2D eigenvalue weighted by atomic mass is 32.2. The summed E-state index contributed by atoms with van der Waals surface area (Å²) in [7, 11) is -4.69. The van der Waals surface area contributed by atoms with Gasteiger partial charge in [-0.2, -0.15) is 13.2 Å². The minimum Gasteiger partial charge on any atom is -0.489 e. The lowest BCUT2D eigenvalue weighted by atomic mass is 10.1. The molecule has 0 saturated heterocycles. The van der Waals surface area contributed by atoms with Crippen molar-refractivity contribution >= 4 is 27.5 Å². The highest BCUT2D eigenvalue weighted by Crippen LogP contribution is 2.33. The summed E-state index contributed by atoms with van der Waals surface area (Å²) in [5.41, 5.74) is -0.204. The third kappa shape index (κ3) is 8.76. The fourth-order valence-electron chi connectivity index (χ4n) is 4.42. The van der Waals surface area contributed by atoms with Gasteiger partial charge in [0.25, 0.3) is 21.8 Å². The van der Waals surface area contributed by atoms with Crippen molar-refractivity contribution in [2.75, 3.05) is 5.32 Å². The molecule has 47 heavy (non-hydrogen) atoms. The molecule has 5 rings (SSSR count). The number of benzene rings is 5. The third-order valence-electron chi connectivity index (χ3n) is 6.74. The Morgan fingerprint density at radius 2 is 1.19 bits per heavy atom. The predicted octanol–water partition coefficient (Wildman–Crippen LogP) is 7.23. The molecule has 0 heterocycles. The van der Waals surface area contributed by atoms with Gasteiger partial charge in [-0.3, -0.25) is 9.59 Å². The Morgan fingerprint density at radius 1 is 0.617 bits per heavy atom. The first kappa shape index (κ1) is 32.8. The molecule has 12 heteroatoms. The van der Waals surface area contributed by atoms with Crippen LogP contribution in [0.4, 0.5) is 18.9 Å². The minimum absolute atomic E-state index is 0.0867. The number of amides is 2. The lowest BCUT2D eigenvalue weighted by Gasteiger charge is -2.15. The van der Waals surface area contributed by atoms with Crippen molar-refractivity contribution < 1.29 is 40.7 Å². The van der Waals surface area contributed by atoms with Gasteiger partial charge in [0, 0.05) is 11.1 Å². The lowest BCUT2D eigenvalue weighted by Crippen LogP contribution is -2.31. The van der Waals surface area contributed by atoms with Crippen molar-refractivity contribution in [1.82, 2.24) is 4.72 Å². The molecule has 0 radical (unpaired) electrons. The summed E-state index contributed by atoms with van der Waals surface area (Å²) in [5, 5.41) is 2.52. The number of hydrogen-bond acceptors (Lipinski definition) is 6. The average Bonchev–Trinajstić information content (AvgIpc) is 3.07. The highest BCUT2D eigenvalue weighted by Gasteiger charge is 2.33. The van der Waals surface area contributed by atoms with Gasteiger partial charge in [-0.1, -0.05) is 78.9 Å². The van der Waals surface area contributed by atoms with E-state index in [1.807, 2.05) is 30.3 Å². The van der Waals surface area contributed by atoms with Crippen LogP contribution in [0.1, 0.15) is 37.4 Å². The molecule has 240 valence electrons. The fourth-order valence-corrected chi connectivity index (χ4v) is 5.56. The van der Waals surface area contributed by atoms with Crippen LogP contribution in [0.5, 0.6) is 11.5 Å². The Morgan fingerprint density at radius 3 is 1.83 bits per heavy atom. The number of rotatable bonds is 11. The topological polar surface area (TPSA) is 111 Å². The van der Waals surface area contributed by atoms with Crippen LogP contribution < -0.4 is 19.5 Å². The molecule has 0 bridgehead atoms. The summed E-state index contributed by atoms with van der Waals surface area (Å²) < 4.78 is 80.8. The van der Waals surface area contributed by atoms with E-state index in [1.165, 1.54) is 30.3 Å². The molecule has 2 amide bonds. The lowest BCUT2D eigenvalue weighted by molar-refractivity contribution is -0.137. The SMILES string of the molecule is O=C(Nc1ccccc1S(=O)(=O)NC(=O)c1cc(OCc2ccccc2)cc(C(F)(F)F)c1)c1cccc(OCc2ccccc2)c1. The molecule has 0 aliphatic heterocycles. The molecule has 0 saturated carbocycles. The third-order valence-corrected chi connectivity index (χ3v) is 8.13. The second-order valence-corrected chi connectivity index (χ2v) is 11.9. The summed E-state index contributed by atoms with van der Waals surface area (Å²) in [6, 6.07) is 31.9. The number of sulfonamides is 1. The van der Waals surface area contributed by atoms with Gasteiger partial charge in [-0.05, 0) is 59.7 Å². The molecule has 0 aromatic heterocycles. The largest absolute Gasteiger partial charge is 0.489 e. The van der Waals surface area contributed by atoms with E-state index >= 15 is 0 Å². The summed E-state index contributed by atoms with van der Waals surface area (Å²) >= 11 is 0. The zero-order valence-corrected chi connectivity index (χ0v) is 25.3. The zero-order chi connectivity index (χ0) is 33.4. The maximum atomic E-state index is 13.7. The Labute approximate surface area is 268 Å². The number of nitrogens with one attached hydrogen (secondary N) is 2. The molecule has 0 fully saturated rings. The van der Waals surface area contributed by atoms with Crippen molar-refractivity contribution in [3.8, 4) is 11.5 Å². The number of carbonyl (C=O) groups excluding carboxylic acids is 2. The van der Waals surface area contributed by atoms with E-state index in [-0.39, 0.29) is 30.2 Å². The summed E-state index contributed by atoms with van der Waals surface area (Å²) in [6.07, 6.45) is -4.85. The average molecular weight is 661 g/mol. The Balaban J connectivity index is 1.33. The Kier molecular flexibility index (Phi) is 9.91. The van der Waals surface area contributed by atoms with Gasteiger partial charge in [0.05, 0.1) is 11.3 Å². The van der Waals surface area contributed by atoms with Gasteiger partial charge >= 0.3 is 6.18 Å². The van der Waals surface area contributed by atoms with Crippen LogP contribution in [0.25, 0.3) is 0 Å². The van der Waals surface area contributed by atoms with Gasteiger partial charge < -0.3 is 14.8 Å². The van der Waals surface area contributed by atoms with Crippen LogP contribution in [0, 0.1) is 0 Å². The van der Waals surface area contributed by atoms with Gasteiger partial charge in [-0.15, -0.1) is 0 Å². The Hall–Kier alpha value is -5.62. The maximum Gasteiger partial charge on any atom is 0.416 e. The monoisotopic (exact) mass is 660 g/mol. The van der Waals surface area contributed by atoms with E-state index in [0.717, 1.165) is 23.8 Å². The van der Waals surface area contributed by atoms with E-state index in [1.54, 1.807) is 47.2 Å². The van der Waals surface area contributed by atoms with Gasteiger partial charge in [0.15, 0.2) is 0 Å². The number of anilines is 1. The number of halogens is 3. The second-order valence-electron chi connectivity index (χ2n) is 10.2. The molecular weight excluding hydrogens is 633 g/mol. The maximum absolute atomic E-state index is 13.7. The Bertz CT molecular complexity index is 1990. The van der Waals surface area contributed by atoms with Gasteiger partial charge in [0.1, 0.15) is 29.6 Å². The molecule has 0 spiro atoms. The first-order valence-electron chi connectivity index (χ1n) is 14.1. The van der Waals surface area contributed by atoms with Crippen LogP contribution in [0.3, 0.4) is 0 Å². The van der Waals surface area contributed by atoms with Crippen molar-refractivity contribution in [2.24, 2.45) is 0 Å². The van der Waals surface area contributed by atoms with Crippen molar-refractivity contribution in [1.29, 1.82) is 0 Å². The smallest absolute Gasteiger partial charge is 0.416 e. The predicted molar refractivity (Wildman–Crippen MR) is 168 cm³/mol. The first-order chi connectivity index (χ1) is 22.5. The van der Waals surface area contributed by atoms with Crippen LogP contribution in [-0.4, -0.2) is 20.2 Å². The van der Waals surface area contributed by atoms with Gasteiger partial charge in [-0.25, -0.2) is 13.1 Å². The van der Waals surface area contributed by atoms with Crippen LogP contribution in [0.2, 0.25) is 0 Å². The molecule has 2 N–H and O–H groups in total. The molecule has 0 aliphatic rings. The molecule has 5 aromatic rings. The first-order valence-corrected chi connectivity index (χ1v) is 15.6. The minimum atomic E-state index is -4.85. The molecule has 8 nitrogen and oxygen atoms in total.